The fourth-order valence-corrected chi connectivity index (χ4v) is 3.32. The average molecular weight is 407 g/mol. The molecule has 0 amide bonds. The van der Waals surface area contributed by atoms with E-state index in [0.29, 0.717) is 28.4 Å². The van der Waals surface area contributed by atoms with E-state index in [4.69, 9.17) is 9.47 Å². The number of aryl methyl sites for hydroxylation is 1. The predicted molar refractivity (Wildman–Crippen MR) is 112 cm³/mol. The van der Waals surface area contributed by atoms with Crippen LogP contribution in [0.5, 0.6) is 11.5 Å². The van der Waals surface area contributed by atoms with Gasteiger partial charge in [-0.2, -0.15) is 0 Å². The van der Waals surface area contributed by atoms with Crippen LogP contribution in [0, 0.1) is 10.1 Å². The number of nitro benzene ring substituents is 1. The molecule has 0 unspecified atom stereocenters. The topological polar surface area (TPSA) is 95.7 Å². The minimum Gasteiger partial charge on any atom is -0.465 e. The van der Waals surface area contributed by atoms with Crippen molar-refractivity contribution in [1.82, 2.24) is 0 Å². The Morgan fingerprint density at radius 1 is 1.13 bits per heavy atom. The van der Waals surface area contributed by atoms with Gasteiger partial charge in [-0.25, -0.2) is 4.79 Å². The van der Waals surface area contributed by atoms with Crippen molar-refractivity contribution in [2.45, 2.75) is 26.2 Å². The lowest BCUT2D eigenvalue weighted by molar-refractivity contribution is -0.385. The Labute approximate surface area is 173 Å². The van der Waals surface area contributed by atoms with Crippen LogP contribution in [0.2, 0.25) is 0 Å². The summed E-state index contributed by atoms with van der Waals surface area (Å²) in [4.78, 5) is 34.8. The Bertz CT molecular complexity index is 1120. The Balaban J connectivity index is 2.12. The minimum atomic E-state index is -0.591. The van der Waals surface area contributed by atoms with Crippen molar-refractivity contribution in [3.05, 3.63) is 75.3 Å². The van der Waals surface area contributed by atoms with Gasteiger partial charge in [-0.05, 0) is 42.7 Å². The van der Waals surface area contributed by atoms with Gasteiger partial charge in [0.1, 0.15) is 5.75 Å². The summed E-state index contributed by atoms with van der Waals surface area (Å²) in [6, 6.07) is 12.8. The van der Waals surface area contributed by atoms with Gasteiger partial charge in [-0.1, -0.05) is 31.5 Å². The van der Waals surface area contributed by atoms with Crippen molar-refractivity contribution in [3.63, 3.8) is 0 Å². The second-order valence-electron chi connectivity index (χ2n) is 6.76. The lowest BCUT2D eigenvalue weighted by Gasteiger charge is -2.13. The number of hydrogen-bond donors (Lipinski definition) is 0. The lowest BCUT2D eigenvalue weighted by Crippen LogP contribution is -2.04. The molecule has 0 N–H and O–H groups in total. The third-order valence-corrected chi connectivity index (χ3v) is 4.82. The molecule has 0 aromatic heterocycles. The van der Waals surface area contributed by atoms with Gasteiger partial charge in [0.15, 0.2) is 6.29 Å². The Morgan fingerprint density at radius 2 is 1.90 bits per heavy atom. The highest BCUT2D eigenvalue weighted by atomic mass is 16.6. The van der Waals surface area contributed by atoms with Crippen molar-refractivity contribution < 1.29 is 24.0 Å². The standard InChI is InChI=1S/C23H21NO6/c1-3-4-6-15-9-11-21(19(13-15)24(27)28)30-20-12-10-16(14-25)22-17(20)7-5-8-18(22)23(26)29-2/h5,7-14H,3-4,6H2,1-2H3. The third kappa shape index (κ3) is 4.15. The van der Waals surface area contributed by atoms with E-state index in [2.05, 4.69) is 6.92 Å². The summed E-state index contributed by atoms with van der Waals surface area (Å²) in [7, 11) is 1.26. The van der Waals surface area contributed by atoms with Crippen LogP contribution < -0.4 is 4.74 Å². The van der Waals surface area contributed by atoms with E-state index >= 15 is 0 Å². The van der Waals surface area contributed by atoms with Crippen molar-refractivity contribution in [2.24, 2.45) is 0 Å². The molecule has 0 aliphatic heterocycles. The molecule has 0 fully saturated rings. The first-order valence-electron chi connectivity index (χ1n) is 9.54. The fraction of sp³-hybridized carbons (Fsp3) is 0.217. The highest BCUT2D eigenvalue weighted by Gasteiger charge is 2.20. The summed E-state index contributed by atoms with van der Waals surface area (Å²) >= 11 is 0. The first-order chi connectivity index (χ1) is 14.5. The quantitative estimate of drug-likeness (QED) is 0.212. The van der Waals surface area contributed by atoms with Crippen LogP contribution in [0.1, 0.15) is 46.0 Å². The second-order valence-corrected chi connectivity index (χ2v) is 6.76. The number of hydrogen-bond acceptors (Lipinski definition) is 6. The number of carbonyl (C=O) groups is 2. The fourth-order valence-electron chi connectivity index (χ4n) is 3.32. The molecule has 0 atom stereocenters. The highest BCUT2D eigenvalue weighted by Crippen LogP contribution is 2.37. The molecule has 3 aromatic carbocycles. The summed E-state index contributed by atoms with van der Waals surface area (Å²) in [5.74, 6) is -0.207. The average Bonchev–Trinajstić information content (AvgIpc) is 2.77. The number of nitrogens with zero attached hydrogens (tertiary/aromatic N) is 1. The van der Waals surface area contributed by atoms with Gasteiger partial charge in [0.25, 0.3) is 0 Å². The maximum atomic E-state index is 12.2. The van der Waals surface area contributed by atoms with Crippen LogP contribution in [0.4, 0.5) is 5.69 Å². The molecule has 0 heterocycles. The van der Waals surface area contributed by atoms with Crippen LogP contribution in [0.15, 0.2) is 48.5 Å². The summed E-state index contributed by atoms with van der Waals surface area (Å²) in [6.07, 6.45) is 3.32. The predicted octanol–water partition coefficient (Wildman–Crippen LogP) is 5.48. The van der Waals surface area contributed by atoms with Crippen LogP contribution in [0.3, 0.4) is 0 Å². The van der Waals surface area contributed by atoms with Crippen LogP contribution in [-0.2, 0) is 11.2 Å². The minimum absolute atomic E-state index is 0.0869. The number of carbonyl (C=O) groups excluding carboxylic acids is 2. The number of fused-ring (bicyclic) bond motifs is 1. The van der Waals surface area contributed by atoms with E-state index < -0.39 is 10.9 Å². The molecule has 0 aliphatic carbocycles. The number of nitro groups is 1. The first-order valence-corrected chi connectivity index (χ1v) is 9.54. The van der Waals surface area contributed by atoms with Crippen LogP contribution >= 0.6 is 0 Å². The molecule has 3 aromatic rings. The van der Waals surface area contributed by atoms with E-state index in [9.17, 15) is 19.7 Å². The van der Waals surface area contributed by atoms with Crippen molar-refractivity contribution in [3.8, 4) is 11.5 Å². The first kappa shape index (κ1) is 21.0. The van der Waals surface area contributed by atoms with Gasteiger partial charge in [-0.15, -0.1) is 0 Å². The zero-order chi connectivity index (χ0) is 21.7. The number of aldehydes is 1. The van der Waals surface area contributed by atoms with E-state index in [1.165, 1.54) is 19.2 Å². The summed E-state index contributed by atoms with van der Waals surface area (Å²) in [5.41, 5.74) is 1.24. The third-order valence-electron chi connectivity index (χ3n) is 4.82. The maximum absolute atomic E-state index is 12.2. The molecule has 0 spiro atoms. The van der Waals surface area contributed by atoms with Crippen molar-refractivity contribution in [2.75, 3.05) is 7.11 Å². The molecule has 0 saturated carbocycles. The Morgan fingerprint density at radius 3 is 2.57 bits per heavy atom. The highest BCUT2D eigenvalue weighted by molar-refractivity contribution is 6.12. The normalized spacial score (nSPS) is 10.6. The summed E-state index contributed by atoms with van der Waals surface area (Å²) in [5, 5.41) is 12.5. The van der Waals surface area contributed by atoms with E-state index in [1.807, 2.05) is 0 Å². The molecule has 0 saturated heterocycles. The molecule has 7 heteroatoms. The van der Waals surface area contributed by atoms with Gasteiger partial charge >= 0.3 is 11.7 Å². The van der Waals surface area contributed by atoms with E-state index in [-0.39, 0.29) is 17.0 Å². The lowest BCUT2D eigenvalue weighted by atomic mass is 9.99. The number of benzene rings is 3. The molecule has 154 valence electrons. The SMILES string of the molecule is CCCCc1ccc(Oc2ccc(C=O)c3c(C(=O)OC)cccc23)c([N+](=O)[O-])c1. The van der Waals surface area contributed by atoms with Gasteiger partial charge < -0.3 is 9.47 Å². The molecule has 0 radical (unpaired) electrons. The molecule has 3 rings (SSSR count). The van der Waals surface area contributed by atoms with E-state index in [0.717, 1.165) is 24.8 Å². The number of esters is 1. The Kier molecular flexibility index (Phi) is 6.41. The number of unbranched alkanes of at least 4 members (excludes halogenated alkanes) is 1. The number of methoxy groups -OCH3 is 1. The Hall–Kier alpha value is -3.74. The zero-order valence-electron chi connectivity index (χ0n) is 16.7. The number of ether oxygens (including phenoxy) is 2. The molecule has 7 nitrogen and oxygen atoms in total. The summed E-state index contributed by atoms with van der Waals surface area (Å²) in [6.45, 7) is 2.06. The van der Waals surface area contributed by atoms with Crippen molar-refractivity contribution in [1.29, 1.82) is 0 Å². The van der Waals surface area contributed by atoms with E-state index in [1.54, 1.807) is 36.4 Å². The molecule has 30 heavy (non-hydrogen) atoms. The second kappa shape index (κ2) is 9.17. The monoisotopic (exact) mass is 407 g/mol. The van der Waals surface area contributed by atoms with Crippen LogP contribution in [-0.4, -0.2) is 24.3 Å². The number of rotatable bonds is 8. The zero-order valence-corrected chi connectivity index (χ0v) is 16.7. The largest absolute Gasteiger partial charge is 0.465 e. The molecular weight excluding hydrogens is 386 g/mol. The van der Waals surface area contributed by atoms with Crippen LogP contribution in [0.25, 0.3) is 10.8 Å². The summed E-state index contributed by atoms with van der Waals surface area (Å²) < 4.78 is 10.7. The molecular formula is C23H21NO6. The van der Waals surface area contributed by atoms with Gasteiger partial charge in [0, 0.05) is 22.4 Å². The van der Waals surface area contributed by atoms with Gasteiger partial charge in [0.2, 0.25) is 5.75 Å². The van der Waals surface area contributed by atoms with Gasteiger partial charge in [-0.3, -0.25) is 14.9 Å². The van der Waals surface area contributed by atoms with Gasteiger partial charge in [0.05, 0.1) is 17.6 Å². The maximum Gasteiger partial charge on any atom is 0.338 e. The molecule has 0 bridgehead atoms. The smallest absolute Gasteiger partial charge is 0.338 e. The molecule has 0 aliphatic rings. The van der Waals surface area contributed by atoms with Crippen molar-refractivity contribution >= 4 is 28.7 Å².